The van der Waals surface area contributed by atoms with E-state index in [-0.39, 0.29) is 18.3 Å². The molecule has 4 nitrogen and oxygen atoms in total. The summed E-state index contributed by atoms with van der Waals surface area (Å²) in [6.07, 6.45) is 2.52. The maximum absolute atomic E-state index is 12.9. The molecule has 23 heavy (non-hydrogen) atoms. The van der Waals surface area contributed by atoms with E-state index in [2.05, 4.69) is 4.98 Å². The first kappa shape index (κ1) is 15.6. The van der Waals surface area contributed by atoms with Gasteiger partial charge in [-0.1, -0.05) is 18.2 Å². The Kier molecular flexibility index (Phi) is 4.12. The lowest BCUT2D eigenvalue weighted by Gasteiger charge is -2.17. The van der Waals surface area contributed by atoms with Crippen LogP contribution in [-0.4, -0.2) is 27.4 Å². The van der Waals surface area contributed by atoms with Crippen LogP contribution in [0.25, 0.3) is 10.1 Å². The zero-order chi connectivity index (χ0) is 16.6. The van der Waals surface area contributed by atoms with Crippen molar-refractivity contribution in [1.29, 1.82) is 0 Å². The van der Waals surface area contributed by atoms with E-state index in [1.165, 1.54) is 28.6 Å². The molecule has 0 aliphatic carbocycles. The van der Waals surface area contributed by atoms with Crippen molar-refractivity contribution in [2.75, 3.05) is 7.05 Å². The maximum atomic E-state index is 12.9. The van der Waals surface area contributed by atoms with Crippen LogP contribution in [0.2, 0.25) is 0 Å². The normalized spacial score (nSPS) is 11.3. The average Bonchev–Trinajstić information content (AvgIpc) is 3.12. The maximum Gasteiger partial charge on any atom is 0.319 e. The van der Waals surface area contributed by atoms with Gasteiger partial charge in [-0.05, 0) is 23.9 Å². The number of carbonyl (C=O) groups excluding carboxylic acids is 1. The van der Waals surface area contributed by atoms with Crippen molar-refractivity contribution in [2.24, 2.45) is 0 Å². The number of fused-ring (bicyclic) bond motifs is 1. The van der Waals surface area contributed by atoms with Crippen LogP contribution in [0.15, 0.2) is 36.7 Å². The molecule has 2 heterocycles. The number of halogens is 2. The van der Waals surface area contributed by atoms with E-state index < -0.39 is 6.55 Å². The second-order valence-corrected chi connectivity index (χ2v) is 6.29. The highest BCUT2D eigenvalue weighted by atomic mass is 32.1. The highest BCUT2D eigenvalue weighted by Gasteiger charge is 2.21. The van der Waals surface area contributed by atoms with E-state index >= 15 is 0 Å². The van der Waals surface area contributed by atoms with E-state index in [1.54, 1.807) is 7.05 Å². The monoisotopic (exact) mass is 335 g/mol. The number of hydrogen-bond acceptors (Lipinski definition) is 3. The fourth-order valence-corrected chi connectivity index (χ4v) is 3.68. The molecule has 0 N–H and O–H groups in total. The Balaban J connectivity index is 1.86. The predicted molar refractivity (Wildman–Crippen MR) is 85.8 cm³/mol. The van der Waals surface area contributed by atoms with Gasteiger partial charge in [0.25, 0.3) is 5.91 Å². The van der Waals surface area contributed by atoms with Gasteiger partial charge in [0.05, 0.1) is 11.4 Å². The summed E-state index contributed by atoms with van der Waals surface area (Å²) in [6, 6.07) is 7.80. The van der Waals surface area contributed by atoms with Gasteiger partial charge in [0.2, 0.25) is 0 Å². The van der Waals surface area contributed by atoms with Crippen LogP contribution in [0, 0.1) is 6.92 Å². The first-order chi connectivity index (χ1) is 11.0. The third-order valence-corrected chi connectivity index (χ3v) is 4.98. The van der Waals surface area contributed by atoms with Gasteiger partial charge in [0.1, 0.15) is 5.82 Å². The van der Waals surface area contributed by atoms with Crippen molar-refractivity contribution in [3.05, 3.63) is 52.9 Å². The van der Waals surface area contributed by atoms with Gasteiger partial charge in [-0.2, -0.15) is 8.78 Å². The molecule has 0 saturated heterocycles. The summed E-state index contributed by atoms with van der Waals surface area (Å²) in [7, 11) is 1.59. The number of rotatable bonds is 4. The molecule has 120 valence electrons. The highest BCUT2D eigenvalue weighted by Crippen LogP contribution is 2.31. The Hall–Kier alpha value is -2.28. The molecule has 0 unspecified atom stereocenters. The minimum Gasteiger partial charge on any atom is -0.334 e. The van der Waals surface area contributed by atoms with Crippen LogP contribution in [0.3, 0.4) is 0 Å². The molecule has 3 rings (SSSR count). The van der Waals surface area contributed by atoms with Crippen LogP contribution in [0.5, 0.6) is 0 Å². The first-order valence-electron chi connectivity index (χ1n) is 7.02. The number of aryl methyl sites for hydroxylation is 1. The molecule has 0 bridgehead atoms. The number of thiophene rings is 1. The summed E-state index contributed by atoms with van der Waals surface area (Å²) in [4.78, 5) is 18.6. The van der Waals surface area contributed by atoms with E-state index in [1.807, 2.05) is 31.2 Å². The van der Waals surface area contributed by atoms with Crippen LogP contribution < -0.4 is 0 Å². The predicted octanol–water partition coefficient (Wildman–Crippen LogP) is 4.07. The Morgan fingerprint density at radius 1 is 1.39 bits per heavy atom. The molecular weight excluding hydrogens is 320 g/mol. The number of imidazole rings is 1. The van der Waals surface area contributed by atoms with E-state index in [4.69, 9.17) is 0 Å². The van der Waals surface area contributed by atoms with Crippen LogP contribution in [0.1, 0.15) is 27.6 Å². The minimum atomic E-state index is -2.66. The van der Waals surface area contributed by atoms with Gasteiger partial charge >= 0.3 is 6.55 Å². The fourth-order valence-electron chi connectivity index (χ4n) is 2.48. The topological polar surface area (TPSA) is 38.1 Å². The second-order valence-electron chi connectivity index (χ2n) is 5.24. The summed E-state index contributed by atoms with van der Waals surface area (Å²) >= 11 is 1.42. The zero-order valence-electron chi connectivity index (χ0n) is 12.7. The Morgan fingerprint density at radius 3 is 2.83 bits per heavy atom. The van der Waals surface area contributed by atoms with Gasteiger partial charge < -0.3 is 4.90 Å². The van der Waals surface area contributed by atoms with Crippen molar-refractivity contribution < 1.29 is 13.6 Å². The third kappa shape index (κ3) is 2.84. The molecule has 1 aromatic carbocycles. The van der Waals surface area contributed by atoms with Gasteiger partial charge in [-0.25, -0.2) is 4.98 Å². The van der Waals surface area contributed by atoms with Crippen LogP contribution >= 0.6 is 11.3 Å². The summed E-state index contributed by atoms with van der Waals surface area (Å²) in [5, 5.41) is 1.04. The molecule has 0 aliphatic rings. The summed E-state index contributed by atoms with van der Waals surface area (Å²) in [5.74, 6) is -0.0258. The van der Waals surface area contributed by atoms with Gasteiger partial charge in [-0.15, -0.1) is 11.3 Å². The molecule has 0 spiro atoms. The number of hydrogen-bond donors (Lipinski definition) is 0. The average molecular weight is 335 g/mol. The third-order valence-electron chi connectivity index (χ3n) is 3.72. The van der Waals surface area contributed by atoms with Crippen molar-refractivity contribution in [2.45, 2.75) is 20.0 Å². The standard InChI is InChI=1S/C16H15F2N3OS/c1-10-11-5-3-4-6-12(11)23-14(10)15(22)20(2)9-13-19-7-8-21(13)16(17)18/h3-8,16H,9H2,1-2H3. The molecule has 2 aromatic heterocycles. The summed E-state index contributed by atoms with van der Waals surface area (Å²) in [5.41, 5.74) is 0.916. The summed E-state index contributed by atoms with van der Waals surface area (Å²) < 4.78 is 27.5. The molecule has 0 aliphatic heterocycles. The SMILES string of the molecule is Cc1c(C(=O)N(C)Cc2nccn2C(F)F)sc2ccccc12. The van der Waals surface area contributed by atoms with E-state index in [0.717, 1.165) is 20.2 Å². The molecule has 7 heteroatoms. The molecule has 0 fully saturated rings. The van der Waals surface area contributed by atoms with Gasteiger partial charge in [0.15, 0.2) is 0 Å². The van der Waals surface area contributed by atoms with Crippen molar-refractivity contribution in [3.63, 3.8) is 0 Å². The number of benzene rings is 1. The van der Waals surface area contributed by atoms with Crippen molar-refractivity contribution in [1.82, 2.24) is 14.5 Å². The van der Waals surface area contributed by atoms with E-state index in [9.17, 15) is 13.6 Å². The first-order valence-corrected chi connectivity index (χ1v) is 7.84. The Bertz CT molecular complexity index is 856. The number of aromatic nitrogens is 2. The zero-order valence-corrected chi connectivity index (χ0v) is 13.5. The Labute approximate surface area is 136 Å². The van der Waals surface area contributed by atoms with Crippen LogP contribution in [0.4, 0.5) is 8.78 Å². The second kappa shape index (κ2) is 6.08. The minimum absolute atomic E-state index is 0.0316. The van der Waals surface area contributed by atoms with E-state index in [0.29, 0.717) is 4.88 Å². The molecule has 0 atom stereocenters. The lowest BCUT2D eigenvalue weighted by molar-refractivity contribution is 0.0613. The smallest absolute Gasteiger partial charge is 0.319 e. The highest BCUT2D eigenvalue weighted by molar-refractivity contribution is 7.21. The summed E-state index contributed by atoms with van der Waals surface area (Å²) in [6.45, 7) is -0.730. The molecule has 0 saturated carbocycles. The number of alkyl halides is 2. The number of nitrogens with zero attached hydrogens (tertiary/aromatic N) is 3. The van der Waals surface area contributed by atoms with Crippen molar-refractivity contribution >= 4 is 27.3 Å². The molecule has 3 aromatic rings. The van der Waals surface area contributed by atoms with Gasteiger partial charge in [-0.3, -0.25) is 9.36 Å². The van der Waals surface area contributed by atoms with Crippen molar-refractivity contribution in [3.8, 4) is 0 Å². The molecule has 0 radical (unpaired) electrons. The lowest BCUT2D eigenvalue weighted by Crippen LogP contribution is -2.27. The largest absolute Gasteiger partial charge is 0.334 e. The lowest BCUT2D eigenvalue weighted by atomic mass is 10.1. The Morgan fingerprint density at radius 2 is 2.13 bits per heavy atom. The fraction of sp³-hybridized carbons (Fsp3) is 0.250. The quantitative estimate of drug-likeness (QED) is 0.721. The molecule has 1 amide bonds. The number of amides is 1. The van der Waals surface area contributed by atoms with Crippen LogP contribution in [-0.2, 0) is 6.54 Å². The van der Waals surface area contributed by atoms with Gasteiger partial charge in [0, 0.05) is 24.1 Å². The number of carbonyl (C=O) groups is 1. The molecular formula is C16H15F2N3OS.